The molecular weight excluding hydrogens is 349 g/mol. The molecule has 1 aliphatic carbocycles. The quantitative estimate of drug-likeness (QED) is 0.810. The maximum Gasteiger partial charge on any atom is 0.247 e. The Labute approximate surface area is 151 Å². The molecule has 130 valence electrons. The highest BCUT2D eigenvalue weighted by Crippen LogP contribution is 2.27. The van der Waals surface area contributed by atoms with E-state index in [2.05, 4.69) is 10.6 Å². The number of carbonyl (C=O) groups excluding carboxylic acids is 2. The number of amides is 2. The fourth-order valence-electron chi connectivity index (χ4n) is 3.00. The molecule has 1 saturated heterocycles. The van der Waals surface area contributed by atoms with Crippen LogP contribution in [0.25, 0.3) is 0 Å². The summed E-state index contributed by atoms with van der Waals surface area (Å²) in [5, 5.41) is 6.92. The van der Waals surface area contributed by atoms with E-state index in [1.54, 1.807) is 23.1 Å². The van der Waals surface area contributed by atoms with Gasteiger partial charge in [0.1, 0.15) is 6.04 Å². The van der Waals surface area contributed by atoms with Gasteiger partial charge in [-0.3, -0.25) is 9.59 Å². The van der Waals surface area contributed by atoms with Crippen LogP contribution in [0, 0.1) is 5.92 Å². The van der Waals surface area contributed by atoms with Crippen molar-refractivity contribution in [3.05, 3.63) is 28.2 Å². The van der Waals surface area contributed by atoms with Crippen molar-refractivity contribution in [1.82, 2.24) is 10.2 Å². The zero-order valence-electron chi connectivity index (χ0n) is 13.4. The van der Waals surface area contributed by atoms with Gasteiger partial charge in [0, 0.05) is 22.3 Å². The summed E-state index contributed by atoms with van der Waals surface area (Å²) in [7, 11) is 0. The van der Waals surface area contributed by atoms with E-state index in [1.807, 2.05) is 0 Å². The molecule has 0 spiro atoms. The topological polar surface area (TPSA) is 61.4 Å². The molecule has 2 amide bonds. The minimum Gasteiger partial charge on any atom is -0.330 e. The van der Waals surface area contributed by atoms with E-state index < -0.39 is 6.04 Å². The number of anilines is 1. The molecule has 0 radical (unpaired) electrons. The number of rotatable bonds is 6. The second kappa shape index (κ2) is 7.72. The standard InChI is InChI=1S/C17H21Cl2N3O2/c18-12-6-13(19)8-14(7-12)21-17(24)15-2-1-5-22(15)16(23)10-20-9-11-3-4-11/h6-8,11,15,20H,1-5,9-10H2,(H,21,24). The van der Waals surface area contributed by atoms with Crippen LogP contribution in [0.15, 0.2) is 18.2 Å². The smallest absolute Gasteiger partial charge is 0.247 e. The second-order valence-electron chi connectivity index (χ2n) is 6.47. The molecule has 2 N–H and O–H groups in total. The maximum absolute atomic E-state index is 12.5. The highest BCUT2D eigenvalue weighted by Gasteiger charge is 2.34. The first-order chi connectivity index (χ1) is 11.5. The van der Waals surface area contributed by atoms with Crippen LogP contribution >= 0.6 is 23.2 Å². The van der Waals surface area contributed by atoms with Crippen molar-refractivity contribution in [3.63, 3.8) is 0 Å². The highest BCUT2D eigenvalue weighted by molar-refractivity contribution is 6.35. The van der Waals surface area contributed by atoms with Crippen molar-refractivity contribution in [3.8, 4) is 0 Å². The van der Waals surface area contributed by atoms with Crippen molar-refractivity contribution in [2.75, 3.05) is 25.0 Å². The normalized spacial score (nSPS) is 20.2. The van der Waals surface area contributed by atoms with Crippen LogP contribution in [0.1, 0.15) is 25.7 Å². The maximum atomic E-state index is 12.5. The van der Waals surface area contributed by atoms with Crippen LogP contribution < -0.4 is 10.6 Å². The molecule has 3 rings (SSSR count). The van der Waals surface area contributed by atoms with E-state index in [1.165, 1.54) is 12.8 Å². The molecule has 1 aromatic carbocycles. The molecule has 2 fully saturated rings. The van der Waals surface area contributed by atoms with Gasteiger partial charge in [-0.1, -0.05) is 23.2 Å². The van der Waals surface area contributed by atoms with Crippen molar-refractivity contribution < 1.29 is 9.59 Å². The molecule has 1 heterocycles. The fourth-order valence-corrected chi connectivity index (χ4v) is 3.52. The second-order valence-corrected chi connectivity index (χ2v) is 7.34. The molecule has 0 aromatic heterocycles. The predicted octanol–water partition coefficient (Wildman–Crippen LogP) is 2.92. The van der Waals surface area contributed by atoms with Gasteiger partial charge in [0.05, 0.1) is 6.54 Å². The third kappa shape index (κ3) is 4.62. The lowest BCUT2D eigenvalue weighted by molar-refractivity contribution is -0.135. The number of nitrogens with one attached hydrogen (secondary N) is 2. The average Bonchev–Trinajstić information content (AvgIpc) is 3.19. The van der Waals surface area contributed by atoms with Crippen LogP contribution in [0.2, 0.25) is 10.0 Å². The van der Waals surface area contributed by atoms with Gasteiger partial charge >= 0.3 is 0 Å². The molecule has 1 unspecified atom stereocenters. The third-order valence-corrected chi connectivity index (χ3v) is 4.85. The molecule has 1 atom stereocenters. The number of hydrogen-bond donors (Lipinski definition) is 2. The van der Waals surface area contributed by atoms with Gasteiger partial charge in [0.2, 0.25) is 11.8 Å². The van der Waals surface area contributed by atoms with Gasteiger partial charge in [-0.15, -0.1) is 0 Å². The van der Waals surface area contributed by atoms with E-state index in [-0.39, 0.29) is 11.8 Å². The van der Waals surface area contributed by atoms with Gasteiger partial charge in [0.25, 0.3) is 0 Å². The van der Waals surface area contributed by atoms with E-state index >= 15 is 0 Å². The zero-order valence-corrected chi connectivity index (χ0v) is 14.9. The Morgan fingerprint density at radius 1 is 1.12 bits per heavy atom. The predicted molar refractivity (Wildman–Crippen MR) is 95.4 cm³/mol. The first-order valence-electron chi connectivity index (χ1n) is 8.30. The van der Waals surface area contributed by atoms with Crippen LogP contribution in [0.4, 0.5) is 5.69 Å². The van der Waals surface area contributed by atoms with E-state index in [4.69, 9.17) is 23.2 Å². The Balaban J connectivity index is 1.56. The molecule has 1 aliphatic heterocycles. The van der Waals surface area contributed by atoms with Gasteiger partial charge in [-0.2, -0.15) is 0 Å². The first kappa shape index (κ1) is 17.5. The largest absolute Gasteiger partial charge is 0.330 e. The molecule has 24 heavy (non-hydrogen) atoms. The molecular formula is C17H21Cl2N3O2. The summed E-state index contributed by atoms with van der Waals surface area (Å²) in [6, 6.07) is 4.46. The zero-order chi connectivity index (χ0) is 17.1. The summed E-state index contributed by atoms with van der Waals surface area (Å²) in [5.74, 6) is 0.516. The lowest BCUT2D eigenvalue weighted by Crippen LogP contribution is -2.46. The minimum absolute atomic E-state index is 0.0163. The van der Waals surface area contributed by atoms with Crippen LogP contribution in [0.3, 0.4) is 0 Å². The van der Waals surface area contributed by atoms with Crippen molar-refractivity contribution in [2.24, 2.45) is 5.92 Å². The Kier molecular flexibility index (Phi) is 5.64. The Hall–Kier alpha value is -1.30. The van der Waals surface area contributed by atoms with Crippen LogP contribution in [-0.4, -0.2) is 42.4 Å². The molecule has 2 aliphatic rings. The van der Waals surface area contributed by atoms with Gasteiger partial charge in [0.15, 0.2) is 0 Å². The lowest BCUT2D eigenvalue weighted by Gasteiger charge is -2.24. The number of halogens is 2. The van der Waals surface area contributed by atoms with E-state index in [0.29, 0.717) is 35.2 Å². The summed E-state index contributed by atoms with van der Waals surface area (Å²) in [6.07, 6.45) is 4.01. The summed E-state index contributed by atoms with van der Waals surface area (Å²) in [5.41, 5.74) is 0.545. The summed E-state index contributed by atoms with van der Waals surface area (Å²) in [4.78, 5) is 26.6. The molecule has 7 heteroatoms. The summed E-state index contributed by atoms with van der Waals surface area (Å²) >= 11 is 11.9. The summed E-state index contributed by atoms with van der Waals surface area (Å²) in [6.45, 7) is 1.80. The Morgan fingerprint density at radius 2 is 1.83 bits per heavy atom. The molecule has 5 nitrogen and oxygen atoms in total. The number of hydrogen-bond acceptors (Lipinski definition) is 3. The fraction of sp³-hybridized carbons (Fsp3) is 0.529. The SMILES string of the molecule is O=C(Nc1cc(Cl)cc(Cl)c1)C1CCCN1C(=O)CNCC1CC1. The average molecular weight is 370 g/mol. The van der Waals surface area contributed by atoms with Crippen molar-refractivity contribution in [1.29, 1.82) is 0 Å². The van der Waals surface area contributed by atoms with Crippen molar-refractivity contribution in [2.45, 2.75) is 31.7 Å². The minimum atomic E-state index is -0.432. The Morgan fingerprint density at radius 3 is 2.50 bits per heavy atom. The number of likely N-dealkylation sites (tertiary alicyclic amines) is 1. The lowest BCUT2D eigenvalue weighted by atomic mass is 10.2. The van der Waals surface area contributed by atoms with Crippen LogP contribution in [-0.2, 0) is 9.59 Å². The van der Waals surface area contributed by atoms with Gasteiger partial charge < -0.3 is 15.5 Å². The van der Waals surface area contributed by atoms with Crippen molar-refractivity contribution >= 4 is 40.7 Å². The number of carbonyl (C=O) groups is 2. The van der Waals surface area contributed by atoms with Crippen LogP contribution in [0.5, 0.6) is 0 Å². The monoisotopic (exact) mass is 369 g/mol. The third-order valence-electron chi connectivity index (χ3n) is 4.41. The molecule has 1 saturated carbocycles. The Bertz CT molecular complexity index is 614. The highest BCUT2D eigenvalue weighted by atomic mass is 35.5. The van der Waals surface area contributed by atoms with Gasteiger partial charge in [-0.25, -0.2) is 0 Å². The first-order valence-corrected chi connectivity index (χ1v) is 9.05. The molecule has 0 bridgehead atoms. The van der Waals surface area contributed by atoms with E-state index in [0.717, 1.165) is 18.9 Å². The van der Waals surface area contributed by atoms with E-state index in [9.17, 15) is 9.59 Å². The molecule has 1 aromatic rings. The number of nitrogens with zero attached hydrogens (tertiary/aromatic N) is 1. The summed E-state index contributed by atoms with van der Waals surface area (Å²) < 4.78 is 0. The number of benzene rings is 1. The van der Waals surface area contributed by atoms with Gasteiger partial charge in [-0.05, 0) is 56.3 Å².